The molecule has 19 heavy (non-hydrogen) atoms. The third kappa shape index (κ3) is 4.86. The molecule has 0 amide bonds. The van der Waals surface area contributed by atoms with Gasteiger partial charge in [0, 0.05) is 38.2 Å². The van der Waals surface area contributed by atoms with Crippen LogP contribution >= 0.6 is 0 Å². The van der Waals surface area contributed by atoms with Crippen LogP contribution in [0.4, 0.5) is 5.95 Å². The van der Waals surface area contributed by atoms with E-state index in [0.29, 0.717) is 6.04 Å². The molecule has 1 saturated carbocycles. The minimum absolute atomic E-state index is 0.627. The largest absolute Gasteiger partial charge is 0.381 e. The summed E-state index contributed by atoms with van der Waals surface area (Å²) in [5.41, 5.74) is 0. The number of unbranched alkanes of at least 4 members (excludes halogenated alkanes) is 1. The molecule has 0 bridgehead atoms. The number of imidazole rings is 1. The average Bonchev–Trinajstić information content (AvgIpc) is 3.06. The maximum atomic E-state index is 5.59. The van der Waals surface area contributed by atoms with Gasteiger partial charge in [-0.05, 0) is 25.7 Å². The van der Waals surface area contributed by atoms with Crippen LogP contribution in [0.1, 0.15) is 51.9 Å². The highest BCUT2D eigenvalue weighted by Gasteiger charge is 2.16. The van der Waals surface area contributed by atoms with Crippen molar-refractivity contribution in [3.8, 4) is 0 Å². The molecule has 0 spiro atoms. The number of nitrogens with one attached hydrogen (secondary N) is 1. The molecule has 4 nitrogen and oxygen atoms in total. The Labute approximate surface area is 116 Å². The molecule has 1 aliphatic rings. The Morgan fingerprint density at radius 2 is 2.11 bits per heavy atom. The van der Waals surface area contributed by atoms with E-state index in [-0.39, 0.29) is 0 Å². The van der Waals surface area contributed by atoms with Crippen molar-refractivity contribution in [3.05, 3.63) is 12.4 Å². The Kier molecular flexibility index (Phi) is 6.21. The Hall–Kier alpha value is -1.03. The number of hydrogen-bond donors (Lipinski definition) is 1. The third-order valence-electron chi connectivity index (χ3n) is 3.73. The second-order valence-corrected chi connectivity index (χ2v) is 5.39. The minimum atomic E-state index is 0.627. The molecule has 1 aromatic rings. The fraction of sp³-hybridized carbons (Fsp3) is 0.800. The molecule has 1 aromatic heterocycles. The van der Waals surface area contributed by atoms with E-state index in [1.165, 1.54) is 38.5 Å². The van der Waals surface area contributed by atoms with Crippen molar-refractivity contribution in [1.82, 2.24) is 9.55 Å². The van der Waals surface area contributed by atoms with Crippen LogP contribution in [-0.2, 0) is 11.3 Å². The number of hydrogen-bond acceptors (Lipinski definition) is 3. The normalized spacial score (nSPS) is 16.1. The third-order valence-corrected chi connectivity index (χ3v) is 3.73. The molecule has 2 rings (SSSR count). The molecular formula is C15H27N3O. The molecule has 4 heteroatoms. The summed E-state index contributed by atoms with van der Waals surface area (Å²) < 4.78 is 7.80. The summed E-state index contributed by atoms with van der Waals surface area (Å²) in [6, 6.07) is 0.627. The van der Waals surface area contributed by atoms with Crippen LogP contribution in [0.2, 0.25) is 0 Å². The molecule has 0 atom stereocenters. The van der Waals surface area contributed by atoms with Gasteiger partial charge in [-0.25, -0.2) is 4.98 Å². The smallest absolute Gasteiger partial charge is 0.202 e. The summed E-state index contributed by atoms with van der Waals surface area (Å²) in [4.78, 5) is 4.42. The van der Waals surface area contributed by atoms with E-state index in [9.17, 15) is 0 Å². The molecule has 1 N–H and O–H groups in total. The lowest BCUT2D eigenvalue weighted by atomic mass is 10.2. The lowest BCUT2D eigenvalue weighted by molar-refractivity contribution is 0.126. The first-order chi connectivity index (χ1) is 9.40. The summed E-state index contributed by atoms with van der Waals surface area (Å²) in [6.45, 7) is 4.92. The van der Waals surface area contributed by atoms with Crippen LogP contribution < -0.4 is 5.32 Å². The minimum Gasteiger partial charge on any atom is -0.381 e. The SMILES string of the molecule is CCCCOCCCn1ccnc1NC1CCCC1. The van der Waals surface area contributed by atoms with Crippen molar-refractivity contribution in [1.29, 1.82) is 0 Å². The fourth-order valence-electron chi connectivity index (χ4n) is 2.57. The van der Waals surface area contributed by atoms with E-state index in [0.717, 1.165) is 32.1 Å². The van der Waals surface area contributed by atoms with Gasteiger partial charge in [0.05, 0.1) is 0 Å². The quantitative estimate of drug-likeness (QED) is 0.695. The number of ether oxygens (including phenoxy) is 1. The molecule has 0 saturated heterocycles. The van der Waals surface area contributed by atoms with Crippen LogP contribution in [0.15, 0.2) is 12.4 Å². The second kappa shape index (κ2) is 8.20. The molecule has 1 aliphatic carbocycles. The fourth-order valence-corrected chi connectivity index (χ4v) is 2.57. The number of rotatable bonds is 9. The molecule has 0 aromatic carbocycles. The van der Waals surface area contributed by atoms with Crippen molar-refractivity contribution in [2.24, 2.45) is 0 Å². The predicted molar refractivity (Wildman–Crippen MR) is 78.4 cm³/mol. The van der Waals surface area contributed by atoms with Crippen LogP contribution in [0, 0.1) is 0 Å². The van der Waals surface area contributed by atoms with Crippen molar-refractivity contribution in [3.63, 3.8) is 0 Å². The summed E-state index contributed by atoms with van der Waals surface area (Å²) in [5.74, 6) is 1.03. The van der Waals surface area contributed by atoms with Crippen molar-refractivity contribution < 1.29 is 4.74 Å². The molecular weight excluding hydrogens is 238 g/mol. The summed E-state index contributed by atoms with van der Waals surface area (Å²) in [6.07, 6.45) is 12.6. The van der Waals surface area contributed by atoms with E-state index < -0.39 is 0 Å². The number of anilines is 1. The van der Waals surface area contributed by atoms with Crippen LogP contribution in [0.25, 0.3) is 0 Å². The van der Waals surface area contributed by atoms with Crippen molar-refractivity contribution in [2.45, 2.75) is 64.5 Å². The van der Waals surface area contributed by atoms with Crippen molar-refractivity contribution >= 4 is 5.95 Å². The Morgan fingerprint density at radius 1 is 1.32 bits per heavy atom. The molecule has 0 aliphatic heterocycles. The number of nitrogens with zero attached hydrogens (tertiary/aromatic N) is 2. The highest BCUT2D eigenvalue weighted by Crippen LogP contribution is 2.21. The maximum Gasteiger partial charge on any atom is 0.202 e. The monoisotopic (exact) mass is 265 g/mol. The standard InChI is InChI=1S/C15H27N3O/c1-2-3-12-19-13-6-10-18-11-9-16-15(18)17-14-7-4-5-8-14/h9,11,14H,2-8,10,12-13H2,1H3,(H,16,17). The van der Waals surface area contributed by atoms with E-state index in [1.807, 2.05) is 6.20 Å². The van der Waals surface area contributed by atoms with Gasteiger partial charge in [0.25, 0.3) is 0 Å². The second-order valence-electron chi connectivity index (χ2n) is 5.39. The van der Waals surface area contributed by atoms with Gasteiger partial charge in [-0.3, -0.25) is 0 Å². The van der Waals surface area contributed by atoms with Crippen LogP contribution in [-0.4, -0.2) is 28.8 Å². The first-order valence-corrected chi connectivity index (χ1v) is 7.75. The zero-order valence-electron chi connectivity index (χ0n) is 12.1. The summed E-state index contributed by atoms with van der Waals surface area (Å²) in [5, 5.41) is 3.56. The summed E-state index contributed by atoms with van der Waals surface area (Å²) >= 11 is 0. The zero-order valence-corrected chi connectivity index (χ0v) is 12.1. The van der Waals surface area contributed by atoms with Gasteiger partial charge in [-0.2, -0.15) is 0 Å². The first-order valence-electron chi connectivity index (χ1n) is 7.75. The van der Waals surface area contributed by atoms with Gasteiger partial charge < -0.3 is 14.6 Å². The molecule has 0 radical (unpaired) electrons. The predicted octanol–water partition coefficient (Wildman–Crippen LogP) is 3.44. The first kappa shape index (κ1) is 14.4. The van der Waals surface area contributed by atoms with Crippen LogP contribution in [0.5, 0.6) is 0 Å². The molecule has 1 heterocycles. The van der Waals surface area contributed by atoms with Gasteiger partial charge in [-0.15, -0.1) is 0 Å². The van der Waals surface area contributed by atoms with E-state index in [4.69, 9.17) is 4.74 Å². The maximum absolute atomic E-state index is 5.59. The highest BCUT2D eigenvalue weighted by atomic mass is 16.5. The number of aromatic nitrogens is 2. The van der Waals surface area contributed by atoms with Gasteiger partial charge >= 0.3 is 0 Å². The van der Waals surface area contributed by atoms with E-state index >= 15 is 0 Å². The van der Waals surface area contributed by atoms with E-state index in [1.54, 1.807) is 0 Å². The van der Waals surface area contributed by atoms with Gasteiger partial charge in [0.2, 0.25) is 5.95 Å². The lowest BCUT2D eigenvalue weighted by Gasteiger charge is -2.14. The van der Waals surface area contributed by atoms with Crippen LogP contribution in [0.3, 0.4) is 0 Å². The Balaban J connectivity index is 1.67. The number of aryl methyl sites for hydroxylation is 1. The summed E-state index contributed by atoms with van der Waals surface area (Å²) in [7, 11) is 0. The van der Waals surface area contributed by atoms with Gasteiger partial charge in [0.1, 0.15) is 0 Å². The molecule has 0 unspecified atom stereocenters. The highest BCUT2D eigenvalue weighted by molar-refractivity contribution is 5.27. The lowest BCUT2D eigenvalue weighted by Crippen LogP contribution is -2.18. The molecule has 108 valence electrons. The van der Waals surface area contributed by atoms with Crippen molar-refractivity contribution in [2.75, 3.05) is 18.5 Å². The molecule has 1 fully saturated rings. The topological polar surface area (TPSA) is 39.1 Å². The van der Waals surface area contributed by atoms with Gasteiger partial charge in [-0.1, -0.05) is 26.2 Å². The Bertz CT molecular complexity index is 345. The zero-order chi connectivity index (χ0) is 13.3. The van der Waals surface area contributed by atoms with Gasteiger partial charge in [0.15, 0.2) is 0 Å². The van der Waals surface area contributed by atoms with E-state index in [2.05, 4.69) is 28.0 Å². The average molecular weight is 265 g/mol. The Morgan fingerprint density at radius 3 is 2.89 bits per heavy atom.